The number of halogens is 1. The highest BCUT2D eigenvalue weighted by Crippen LogP contribution is 2.22. The van der Waals surface area contributed by atoms with Crippen LogP contribution in [0, 0.1) is 0 Å². The van der Waals surface area contributed by atoms with Crippen LogP contribution >= 0.6 is 11.6 Å². The molecule has 6 heteroatoms. The van der Waals surface area contributed by atoms with E-state index in [1.54, 1.807) is 24.3 Å². The molecule has 0 radical (unpaired) electrons. The van der Waals surface area contributed by atoms with Gasteiger partial charge in [0.2, 0.25) is 5.91 Å². The van der Waals surface area contributed by atoms with Gasteiger partial charge in [0.1, 0.15) is 6.10 Å². The molecule has 2 aromatic rings. The normalized spacial score (nSPS) is 16.6. The van der Waals surface area contributed by atoms with Crippen molar-refractivity contribution in [2.24, 2.45) is 0 Å². The number of ether oxygens (including phenoxy) is 1. The van der Waals surface area contributed by atoms with Crippen molar-refractivity contribution in [1.29, 1.82) is 0 Å². The molecule has 0 aliphatic carbocycles. The number of carbonyl (C=O) groups excluding carboxylic acids is 2. The molecule has 1 atom stereocenters. The van der Waals surface area contributed by atoms with Gasteiger partial charge in [0.25, 0.3) is 0 Å². The summed E-state index contributed by atoms with van der Waals surface area (Å²) >= 11 is 5.82. The van der Waals surface area contributed by atoms with Crippen LogP contribution in [0.2, 0.25) is 5.02 Å². The number of hydrogen-bond acceptors (Lipinski definition) is 3. The number of alkyl carbamates (subject to hydrolysis) is 1. The molecule has 3 rings (SSSR count). The van der Waals surface area contributed by atoms with Gasteiger partial charge < -0.3 is 15.4 Å². The molecular weight excluding hydrogens is 316 g/mol. The first-order valence-electron chi connectivity index (χ1n) is 7.19. The van der Waals surface area contributed by atoms with E-state index in [9.17, 15) is 9.59 Å². The number of carbonyl (C=O) groups is 2. The van der Waals surface area contributed by atoms with Crippen molar-refractivity contribution in [2.75, 3.05) is 11.9 Å². The summed E-state index contributed by atoms with van der Waals surface area (Å²) in [5.41, 5.74) is 2.48. The van der Waals surface area contributed by atoms with E-state index in [0.717, 1.165) is 11.1 Å². The zero-order chi connectivity index (χ0) is 16.2. The number of cyclic esters (lactones) is 1. The van der Waals surface area contributed by atoms with Gasteiger partial charge in [-0.2, -0.15) is 0 Å². The van der Waals surface area contributed by atoms with Crippen molar-refractivity contribution in [1.82, 2.24) is 5.32 Å². The molecule has 2 N–H and O–H groups in total. The van der Waals surface area contributed by atoms with Crippen molar-refractivity contribution in [3.05, 3.63) is 64.7 Å². The van der Waals surface area contributed by atoms with Gasteiger partial charge in [-0.15, -0.1) is 0 Å². The van der Waals surface area contributed by atoms with Crippen molar-refractivity contribution in [3.63, 3.8) is 0 Å². The standard InChI is InChI=1S/C17H15ClN2O3/c18-13-5-1-11(2-6-13)9-16(21)20-14-7-3-12(4-8-14)15-10-19-17(22)23-15/h1-8,15H,9-10H2,(H,19,22)(H,20,21). The topological polar surface area (TPSA) is 67.4 Å². The van der Waals surface area contributed by atoms with Crippen molar-refractivity contribution >= 4 is 29.3 Å². The van der Waals surface area contributed by atoms with Crippen molar-refractivity contribution in [3.8, 4) is 0 Å². The molecule has 0 bridgehead atoms. The summed E-state index contributed by atoms with van der Waals surface area (Å²) in [6.45, 7) is 0.459. The Balaban J connectivity index is 1.58. The Morgan fingerprint density at radius 1 is 1.17 bits per heavy atom. The van der Waals surface area contributed by atoms with Crippen LogP contribution < -0.4 is 10.6 Å². The largest absolute Gasteiger partial charge is 0.439 e. The van der Waals surface area contributed by atoms with Gasteiger partial charge in [-0.3, -0.25) is 4.79 Å². The lowest BCUT2D eigenvalue weighted by Gasteiger charge is -2.10. The quantitative estimate of drug-likeness (QED) is 0.903. The van der Waals surface area contributed by atoms with Gasteiger partial charge in [-0.05, 0) is 35.4 Å². The van der Waals surface area contributed by atoms with E-state index >= 15 is 0 Å². The molecule has 1 fully saturated rings. The maximum atomic E-state index is 12.0. The lowest BCUT2D eigenvalue weighted by molar-refractivity contribution is -0.115. The van der Waals surface area contributed by atoms with E-state index in [1.165, 1.54) is 0 Å². The van der Waals surface area contributed by atoms with E-state index in [4.69, 9.17) is 16.3 Å². The van der Waals surface area contributed by atoms with Crippen LogP contribution in [-0.2, 0) is 16.0 Å². The third-order valence-electron chi connectivity index (χ3n) is 3.53. The van der Waals surface area contributed by atoms with Gasteiger partial charge in [0.05, 0.1) is 13.0 Å². The van der Waals surface area contributed by atoms with Crippen LogP contribution in [0.5, 0.6) is 0 Å². The summed E-state index contributed by atoms with van der Waals surface area (Å²) in [5, 5.41) is 6.09. The van der Waals surface area contributed by atoms with Crippen molar-refractivity contribution in [2.45, 2.75) is 12.5 Å². The average Bonchev–Trinajstić information content (AvgIpc) is 2.97. The highest BCUT2D eigenvalue weighted by molar-refractivity contribution is 6.30. The van der Waals surface area contributed by atoms with Crippen LogP contribution in [0.15, 0.2) is 48.5 Å². The summed E-state index contributed by atoms with van der Waals surface area (Å²) in [6, 6.07) is 14.4. The second kappa shape index (κ2) is 6.71. The number of rotatable bonds is 4. The first-order valence-corrected chi connectivity index (χ1v) is 7.57. The molecule has 0 saturated carbocycles. The molecule has 2 aromatic carbocycles. The van der Waals surface area contributed by atoms with Gasteiger partial charge in [0, 0.05) is 10.7 Å². The van der Waals surface area contributed by atoms with Crippen LogP contribution in [-0.4, -0.2) is 18.5 Å². The molecule has 2 amide bonds. The zero-order valence-corrected chi connectivity index (χ0v) is 13.0. The molecule has 5 nitrogen and oxygen atoms in total. The predicted octanol–water partition coefficient (Wildman–Crippen LogP) is 3.30. The Labute approximate surface area is 138 Å². The number of hydrogen-bond donors (Lipinski definition) is 2. The molecule has 118 valence electrons. The fraction of sp³-hybridized carbons (Fsp3) is 0.176. The molecule has 1 aliphatic rings. The fourth-order valence-corrected chi connectivity index (χ4v) is 2.47. The second-order valence-corrected chi connectivity index (χ2v) is 5.68. The number of amides is 2. The summed E-state index contributed by atoms with van der Waals surface area (Å²) in [7, 11) is 0. The van der Waals surface area contributed by atoms with Crippen molar-refractivity contribution < 1.29 is 14.3 Å². The minimum atomic E-state index is -0.407. The molecule has 1 unspecified atom stereocenters. The molecule has 23 heavy (non-hydrogen) atoms. The van der Waals surface area contributed by atoms with Crippen LogP contribution in [0.1, 0.15) is 17.2 Å². The minimum Gasteiger partial charge on any atom is -0.439 e. The van der Waals surface area contributed by atoms with Gasteiger partial charge in [0.15, 0.2) is 0 Å². The number of benzene rings is 2. The number of nitrogens with one attached hydrogen (secondary N) is 2. The van der Waals surface area contributed by atoms with E-state index in [1.807, 2.05) is 24.3 Å². The highest BCUT2D eigenvalue weighted by atomic mass is 35.5. The van der Waals surface area contributed by atoms with E-state index in [-0.39, 0.29) is 18.4 Å². The third kappa shape index (κ3) is 4.02. The SMILES string of the molecule is O=C(Cc1ccc(Cl)cc1)Nc1ccc(C2CNC(=O)O2)cc1. The summed E-state index contributed by atoms with van der Waals surface area (Å²) in [6.07, 6.45) is -0.403. The van der Waals surface area contributed by atoms with E-state index in [0.29, 0.717) is 17.3 Å². The molecule has 1 aliphatic heterocycles. The summed E-state index contributed by atoms with van der Waals surface area (Å²) in [4.78, 5) is 23.1. The smallest absolute Gasteiger partial charge is 0.407 e. The van der Waals surface area contributed by atoms with E-state index < -0.39 is 6.09 Å². The Hall–Kier alpha value is -2.53. The minimum absolute atomic E-state index is 0.103. The lowest BCUT2D eigenvalue weighted by atomic mass is 10.1. The second-order valence-electron chi connectivity index (χ2n) is 5.25. The monoisotopic (exact) mass is 330 g/mol. The van der Waals surface area contributed by atoms with Gasteiger partial charge in [-0.25, -0.2) is 4.79 Å². The van der Waals surface area contributed by atoms with E-state index in [2.05, 4.69) is 10.6 Å². The highest BCUT2D eigenvalue weighted by Gasteiger charge is 2.23. The maximum Gasteiger partial charge on any atom is 0.407 e. The molecule has 0 spiro atoms. The molecular formula is C17H15ClN2O3. The first-order chi connectivity index (χ1) is 11.1. The van der Waals surface area contributed by atoms with Crippen LogP contribution in [0.25, 0.3) is 0 Å². The fourth-order valence-electron chi connectivity index (χ4n) is 2.35. The zero-order valence-electron chi connectivity index (χ0n) is 12.2. The summed E-state index contributed by atoms with van der Waals surface area (Å²) in [5.74, 6) is -0.103. The summed E-state index contributed by atoms with van der Waals surface area (Å²) < 4.78 is 5.11. The molecule has 1 saturated heterocycles. The maximum absolute atomic E-state index is 12.0. The van der Waals surface area contributed by atoms with Crippen LogP contribution in [0.3, 0.4) is 0 Å². The Bertz CT molecular complexity index is 714. The predicted molar refractivity (Wildman–Crippen MR) is 87.5 cm³/mol. The van der Waals surface area contributed by atoms with Crippen LogP contribution in [0.4, 0.5) is 10.5 Å². The lowest BCUT2D eigenvalue weighted by Crippen LogP contribution is -2.14. The Morgan fingerprint density at radius 2 is 1.87 bits per heavy atom. The molecule has 0 aromatic heterocycles. The average molecular weight is 331 g/mol. The van der Waals surface area contributed by atoms with Gasteiger partial charge in [-0.1, -0.05) is 35.9 Å². The number of anilines is 1. The Morgan fingerprint density at radius 3 is 2.48 bits per heavy atom. The van der Waals surface area contributed by atoms with Gasteiger partial charge >= 0.3 is 6.09 Å². The Kier molecular flexibility index (Phi) is 4.48. The third-order valence-corrected chi connectivity index (χ3v) is 3.78. The molecule has 1 heterocycles. The first kappa shape index (κ1) is 15.4.